The number of hydrogen-bond donors (Lipinski definition) is 1. The van der Waals surface area contributed by atoms with E-state index in [1.54, 1.807) is 0 Å². The van der Waals surface area contributed by atoms with E-state index in [0.717, 1.165) is 12.6 Å². The molecule has 2 fully saturated rings. The summed E-state index contributed by atoms with van der Waals surface area (Å²) in [5, 5.41) is 3.23. The van der Waals surface area contributed by atoms with Gasteiger partial charge >= 0.3 is 0 Å². The van der Waals surface area contributed by atoms with Crippen LogP contribution >= 0.6 is 0 Å². The van der Waals surface area contributed by atoms with Crippen molar-refractivity contribution in [1.29, 1.82) is 0 Å². The molecule has 1 aliphatic carbocycles. The molecule has 2 rings (SSSR count). The lowest BCUT2D eigenvalue weighted by Crippen LogP contribution is -2.40. The molecule has 0 bridgehead atoms. The molecule has 4 unspecified atom stereocenters. The zero-order valence-electron chi connectivity index (χ0n) is 9.99. The van der Waals surface area contributed by atoms with Gasteiger partial charge in [0.1, 0.15) is 0 Å². The Labute approximate surface area is 92.2 Å². The van der Waals surface area contributed by atoms with Gasteiger partial charge in [0.2, 0.25) is 5.91 Å². The maximum Gasteiger partial charge on any atom is 0.240 e. The zero-order valence-corrected chi connectivity index (χ0v) is 9.99. The molecule has 4 atom stereocenters. The summed E-state index contributed by atoms with van der Waals surface area (Å²) in [7, 11) is 0. The molecule has 0 aromatic rings. The van der Waals surface area contributed by atoms with Crippen LogP contribution in [0.25, 0.3) is 0 Å². The van der Waals surface area contributed by atoms with E-state index in [-0.39, 0.29) is 6.04 Å². The molecule has 1 saturated heterocycles. The highest BCUT2D eigenvalue weighted by atomic mass is 16.2. The number of nitrogens with zero attached hydrogens (tertiary/aromatic N) is 1. The molecule has 86 valence electrons. The average Bonchev–Trinajstić information content (AvgIpc) is 2.73. The van der Waals surface area contributed by atoms with Crippen LogP contribution in [-0.4, -0.2) is 29.6 Å². The van der Waals surface area contributed by atoms with Crippen molar-refractivity contribution in [3.8, 4) is 0 Å². The van der Waals surface area contributed by atoms with E-state index in [2.05, 4.69) is 24.1 Å². The molecule has 3 heteroatoms. The van der Waals surface area contributed by atoms with Gasteiger partial charge in [-0.05, 0) is 31.6 Å². The summed E-state index contributed by atoms with van der Waals surface area (Å²) in [5.41, 5.74) is 0. The second-order valence-corrected chi connectivity index (χ2v) is 5.06. The van der Waals surface area contributed by atoms with Crippen LogP contribution in [0.4, 0.5) is 0 Å². The average molecular weight is 210 g/mol. The summed E-state index contributed by atoms with van der Waals surface area (Å²) in [6.07, 6.45) is 3.74. The number of hydrogen-bond acceptors (Lipinski definition) is 2. The lowest BCUT2D eigenvalue weighted by molar-refractivity contribution is -0.131. The van der Waals surface area contributed by atoms with E-state index < -0.39 is 0 Å². The highest BCUT2D eigenvalue weighted by Gasteiger charge is 2.40. The van der Waals surface area contributed by atoms with Gasteiger partial charge in [-0.3, -0.25) is 10.1 Å². The summed E-state index contributed by atoms with van der Waals surface area (Å²) in [6.45, 7) is 7.28. The largest absolute Gasteiger partial charge is 0.325 e. The lowest BCUT2D eigenvalue weighted by atomic mass is 9.93. The fourth-order valence-electron chi connectivity index (χ4n) is 3.17. The summed E-state index contributed by atoms with van der Waals surface area (Å²) < 4.78 is 0. The van der Waals surface area contributed by atoms with E-state index in [1.165, 1.54) is 19.3 Å². The van der Waals surface area contributed by atoms with E-state index >= 15 is 0 Å². The Kier molecular flexibility index (Phi) is 3.01. The van der Waals surface area contributed by atoms with Gasteiger partial charge in [0.05, 0.1) is 12.7 Å². The van der Waals surface area contributed by atoms with Crippen LogP contribution in [0.5, 0.6) is 0 Å². The molecule has 1 saturated carbocycles. The topological polar surface area (TPSA) is 32.3 Å². The van der Waals surface area contributed by atoms with Crippen molar-refractivity contribution in [2.24, 2.45) is 11.8 Å². The predicted molar refractivity (Wildman–Crippen MR) is 60.3 cm³/mol. The molecule has 1 aliphatic heterocycles. The first kappa shape index (κ1) is 10.9. The van der Waals surface area contributed by atoms with Crippen molar-refractivity contribution < 1.29 is 4.79 Å². The van der Waals surface area contributed by atoms with Crippen LogP contribution in [0, 0.1) is 11.8 Å². The van der Waals surface area contributed by atoms with Crippen molar-refractivity contribution >= 4 is 5.91 Å². The van der Waals surface area contributed by atoms with E-state index in [1.807, 2.05) is 6.92 Å². The van der Waals surface area contributed by atoms with Gasteiger partial charge in [-0.15, -0.1) is 0 Å². The van der Waals surface area contributed by atoms with Gasteiger partial charge in [0.25, 0.3) is 0 Å². The minimum absolute atomic E-state index is 0.0258. The van der Waals surface area contributed by atoms with Gasteiger partial charge in [0, 0.05) is 6.04 Å². The third-order valence-corrected chi connectivity index (χ3v) is 4.33. The standard InChI is InChI=1S/C12H22N2O/c1-4-10-5-6-11(8(10)2)14-7-13-9(3)12(14)15/h8-11,13H,4-7H2,1-3H3. The zero-order chi connectivity index (χ0) is 11.0. The summed E-state index contributed by atoms with van der Waals surface area (Å²) in [4.78, 5) is 14.0. The summed E-state index contributed by atoms with van der Waals surface area (Å²) in [5.74, 6) is 1.79. The van der Waals surface area contributed by atoms with Crippen LogP contribution in [-0.2, 0) is 4.79 Å². The first-order chi connectivity index (χ1) is 7.15. The molecule has 0 radical (unpaired) electrons. The second kappa shape index (κ2) is 4.12. The molecule has 2 aliphatic rings. The predicted octanol–water partition coefficient (Wildman–Crippen LogP) is 1.59. The maximum atomic E-state index is 11.9. The van der Waals surface area contributed by atoms with Crippen molar-refractivity contribution in [3.05, 3.63) is 0 Å². The number of amides is 1. The Hall–Kier alpha value is -0.570. The highest BCUT2D eigenvalue weighted by molar-refractivity contribution is 5.83. The second-order valence-electron chi connectivity index (χ2n) is 5.06. The molecular formula is C12H22N2O. The van der Waals surface area contributed by atoms with Crippen molar-refractivity contribution in [2.75, 3.05) is 6.67 Å². The Morgan fingerprint density at radius 2 is 2.13 bits per heavy atom. The molecular weight excluding hydrogens is 188 g/mol. The van der Waals surface area contributed by atoms with Crippen molar-refractivity contribution in [3.63, 3.8) is 0 Å². The monoisotopic (exact) mass is 210 g/mol. The van der Waals surface area contributed by atoms with E-state index in [0.29, 0.717) is 17.9 Å². The lowest BCUT2D eigenvalue weighted by Gasteiger charge is -2.28. The minimum Gasteiger partial charge on any atom is -0.325 e. The van der Waals surface area contributed by atoms with Gasteiger partial charge in [-0.2, -0.15) is 0 Å². The van der Waals surface area contributed by atoms with Gasteiger partial charge in [0.15, 0.2) is 0 Å². The molecule has 0 aromatic carbocycles. The summed E-state index contributed by atoms with van der Waals surface area (Å²) in [6, 6.07) is 0.512. The Morgan fingerprint density at radius 3 is 2.60 bits per heavy atom. The smallest absolute Gasteiger partial charge is 0.240 e. The number of rotatable bonds is 2. The SMILES string of the molecule is CCC1CCC(N2CNC(C)C2=O)C1C. The molecule has 1 amide bonds. The van der Waals surface area contributed by atoms with Gasteiger partial charge in [-0.25, -0.2) is 0 Å². The maximum absolute atomic E-state index is 11.9. The molecule has 15 heavy (non-hydrogen) atoms. The quantitative estimate of drug-likeness (QED) is 0.750. The van der Waals surface area contributed by atoms with Crippen molar-refractivity contribution in [1.82, 2.24) is 10.2 Å². The van der Waals surface area contributed by atoms with Gasteiger partial charge < -0.3 is 4.90 Å². The molecule has 1 heterocycles. The van der Waals surface area contributed by atoms with Crippen LogP contribution in [0.15, 0.2) is 0 Å². The fraction of sp³-hybridized carbons (Fsp3) is 0.917. The van der Waals surface area contributed by atoms with Crippen LogP contribution in [0.3, 0.4) is 0 Å². The molecule has 1 N–H and O–H groups in total. The molecule has 3 nitrogen and oxygen atoms in total. The van der Waals surface area contributed by atoms with Crippen LogP contribution in [0.2, 0.25) is 0 Å². The first-order valence-corrected chi connectivity index (χ1v) is 6.19. The Bertz CT molecular complexity index is 254. The highest BCUT2D eigenvalue weighted by Crippen LogP contribution is 2.37. The first-order valence-electron chi connectivity index (χ1n) is 6.19. The third-order valence-electron chi connectivity index (χ3n) is 4.33. The Balaban J connectivity index is 2.03. The van der Waals surface area contributed by atoms with E-state index in [9.17, 15) is 4.79 Å². The van der Waals surface area contributed by atoms with Crippen LogP contribution < -0.4 is 5.32 Å². The summed E-state index contributed by atoms with van der Waals surface area (Å²) >= 11 is 0. The number of carbonyl (C=O) groups excluding carboxylic acids is 1. The molecule has 0 aromatic heterocycles. The number of carbonyl (C=O) groups is 1. The normalized spacial score (nSPS) is 41.5. The number of nitrogens with one attached hydrogen (secondary N) is 1. The minimum atomic E-state index is 0.0258. The third kappa shape index (κ3) is 1.78. The molecule has 0 spiro atoms. The Morgan fingerprint density at radius 1 is 1.40 bits per heavy atom. The van der Waals surface area contributed by atoms with E-state index in [4.69, 9.17) is 0 Å². The van der Waals surface area contributed by atoms with Crippen molar-refractivity contribution in [2.45, 2.75) is 52.1 Å². The fourth-order valence-corrected chi connectivity index (χ4v) is 3.17. The van der Waals surface area contributed by atoms with Crippen LogP contribution in [0.1, 0.15) is 40.0 Å². The van der Waals surface area contributed by atoms with Gasteiger partial charge in [-0.1, -0.05) is 20.3 Å².